The maximum Gasteiger partial charge on any atom is 3.00 e. The third-order valence-electron chi connectivity index (χ3n) is 6.71. The van der Waals surface area contributed by atoms with E-state index in [1.54, 1.807) is 0 Å². The Morgan fingerprint density at radius 1 is 1.09 bits per heavy atom. The number of aryl methyl sites for hydroxylation is 1. The maximum atomic E-state index is 12.1. The molecule has 0 radical (unpaired) electrons. The van der Waals surface area contributed by atoms with Crippen LogP contribution in [-0.4, -0.2) is 92.3 Å². The molecule has 1 aromatic rings. The Bertz CT molecular complexity index is 851. The molecule has 11 nitrogen and oxygen atoms in total. The van der Waals surface area contributed by atoms with Gasteiger partial charge in [0.05, 0.1) is 10.1 Å². The topological polar surface area (TPSA) is 280 Å². The van der Waals surface area contributed by atoms with Gasteiger partial charge in [0, 0.05) is 17.1 Å². The SMILES string of the molecule is CC(C)c1ccc2c(c1)CC[C@H]1[C@@](CS(=O)(=O)[O-])(C(=O)[O-])CCC[C@]21C.O.O.[Al+3].[Al+3].[OH-].[OH-].[OH-].[OH-]. The molecular formula is C20H34Al2O11S. The van der Waals surface area contributed by atoms with Gasteiger partial charge in [0.25, 0.3) is 0 Å². The summed E-state index contributed by atoms with van der Waals surface area (Å²) < 4.78 is 34.5. The van der Waals surface area contributed by atoms with Crippen molar-refractivity contribution in [3.05, 3.63) is 34.9 Å². The smallest absolute Gasteiger partial charge is 0.870 e. The minimum absolute atomic E-state index is 0. The Hall–Kier alpha value is -0.575. The van der Waals surface area contributed by atoms with Crippen LogP contribution < -0.4 is 5.11 Å². The van der Waals surface area contributed by atoms with Gasteiger partial charge in [-0.1, -0.05) is 45.4 Å². The molecule has 192 valence electrons. The zero-order chi connectivity index (χ0) is 19.3. The molecule has 1 saturated carbocycles. The molecule has 1 fully saturated rings. The molecular weight excluding hydrogens is 502 g/mol. The second-order valence-corrected chi connectivity index (χ2v) is 9.98. The van der Waals surface area contributed by atoms with E-state index in [-0.39, 0.29) is 74.0 Å². The van der Waals surface area contributed by atoms with E-state index in [1.807, 2.05) is 6.92 Å². The maximum absolute atomic E-state index is 12.1. The van der Waals surface area contributed by atoms with Crippen molar-refractivity contribution in [2.45, 2.75) is 64.2 Å². The van der Waals surface area contributed by atoms with E-state index < -0.39 is 38.6 Å². The van der Waals surface area contributed by atoms with Crippen LogP contribution in [-0.2, 0) is 26.7 Å². The molecule has 2 aliphatic rings. The van der Waals surface area contributed by atoms with Gasteiger partial charge in [-0.05, 0) is 59.6 Å². The van der Waals surface area contributed by atoms with Gasteiger partial charge < -0.3 is 47.3 Å². The van der Waals surface area contributed by atoms with E-state index in [9.17, 15) is 22.9 Å². The second kappa shape index (κ2) is 16.2. The van der Waals surface area contributed by atoms with Gasteiger partial charge in [-0.25, -0.2) is 8.42 Å². The van der Waals surface area contributed by atoms with Gasteiger partial charge in [-0.3, -0.25) is 0 Å². The van der Waals surface area contributed by atoms with Crippen LogP contribution in [0.25, 0.3) is 0 Å². The standard InChI is InChI=1S/C20H28O5S.2Al.6H2O/c1-13(2)14-5-7-16-15(11-14)6-8-17-19(16,3)9-4-10-20(17,18(21)22)12-26(23,24)25;;;;;;;;/h5,7,11,13,17H,4,6,8-10,12H2,1-3H3,(H,21,22)(H,23,24,25);;;6*1H2/q;2*+3;;;;;;/p-6/t17-,19-,20-;;;;;;;;/m1......../s1. The van der Waals surface area contributed by atoms with Crippen molar-refractivity contribution in [2.75, 3.05) is 5.75 Å². The van der Waals surface area contributed by atoms with Gasteiger partial charge >= 0.3 is 34.7 Å². The molecule has 8 N–H and O–H groups in total. The first-order valence-corrected chi connectivity index (χ1v) is 10.9. The molecule has 14 heteroatoms. The largest absolute Gasteiger partial charge is 3.00 e. The number of carboxylic acids is 1. The molecule has 0 aliphatic heterocycles. The molecule has 0 unspecified atom stereocenters. The van der Waals surface area contributed by atoms with E-state index in [0.717, 1.165) is 12.0 Å². The molecule has 2 aliphatic carbocycles. The number of carboxylic acid groups (broad SMARTS) is 1. The van der Waals surface area contributed by atoms with Crippen molar-refractivity contribution in [3.8, 4) is 0 Å². The number of hydrogen-bond donors (Lipinski definition) is 0. The quantitative estimate of drug-likeness (QED) is 0.335. The van der Waals surface area contributed by atoms with Crippen LogP contribution in [0.2, 0.25) is 0 Å². The van der Waals surface area contributed by atoms with Crippen LogP contribution >= 0.6 is 0 Å². The Morgan fingerprint density at radius 3 is 2.06 bits per heavy atom. The van der Waals surface area contributed by atoms with Crippen molar-refractivity contribution < 1.29 is 55.7 Å². The Labute approximate surface area is 222 Å². The monoisotopic (exact) mass is 536 g/mol. The molecule has 3 atom stereocenters. The minimum Gasteiger partial charge on any atom is -0.870 e. The van der Waals surface area contributed by atoms with Crippen LogP contribution in [0.15, 0.2) is 18.2 Å². The second-order valence-electron chi connectivity index (χ2n) is 8.58. The average Bonchev–Trinajstić information content (AvgIpc) is 2.52. The van der Waals surface area contributed by atoms with Gasteiger partial charge in [-0.15, -0.1) is 0 Å². The summed E-state index contributed by atoms with van der Waals surface area (Å²) in [7, 11) is -4.67. The van der Waals surface area contributed by atoms with Gasteiger partial charge in [-0.2, -0.15) is 0 Å². The number of carbonyl (C=O) groups is 1. The van der Waals surface area contributed by atoms with Crippen LogP contribution in [0, 0.1) is 11.3 Å². The number of rotatable bonds is 4. The van der Waals surface area contributed by atoms with Crippen LogP contribution in [0.1, 0.15) is 69.1 Å². The molecule has 0 saturated heterocycles. The summed E-state index contributed by atoms with van der Waals surface area (Å²) in [5.41, 5.74) is 1.52. The summed E-state index contributed by atoms with van der Waals surface area (Å²) in [4.78, 5) is 12.1. The number of fused-ring (bicyclic) bond motifs is 3. The fourth-order valence-corrected chi connectivity index (χ4v) is 6.57. The fraction of sp³-hybridized carbons (Fsp3) is 0.650. The first-order valence-electron chi connectivity index (χ1n) is 9.28. The summed E-state index contributed by atoms with van der Waals surface area (Å²) in [5, 5.41) is 12.1. The van der Waals surface area contributed by atoms with Crippen molar-refractivity contribution in [1.82, 2.24) is 0 Å². The Morgan fingerprint density at radius 2 is 1.62 bits per heavy atom. The van der Waals surface area contributed by atoms with Crippen LogP contribution in [0.4, 0.5) is 0 Å². The normalized spacial score (nSPS) is 24.0. The number of benzene rings is 1. The fourth-order valence-electron chi connectivity index (χ4n) is 5.47. The first kappa shape index (κ1) is 46.7. The van der Waals surface area contributed by atoms with Crippen molar-refractivity contribution in [1.29, 1.82) is 0 Å². The molecule has 3 rings (SSSR count). The molecule has 0 spiro atoms. The summed E-state index contributed by atoms with van der Waals surface area (Å²) in [6, 6.07) is 6.35. The Kier molecular flexibility index (Phi) is 22.3. The van der Waals surface area contributed by atoms with E-state index in [2.05, 4.69) is 32.0 Å². The summed E-state index contributed by atoms with van der Waals surface area (Å²) in [6.45, 7) is 6.30. The third kappa shape index (κ3) is 8.24. The van der Waals surface area contributed by atoms with Gasteiger partial charge in [0.1, 0.15) is 0 Å². The summed E-state index contributed by atoms with van der Waals surface area (Å²) in [5.74, 6) is -2.27. The van der Waals surface area contributed by atoms with Crippen LogP contribution in [0.3, 0.4) is 0 Å². The number of hydrogen-bond acceptors (Lipinski definition) is 9. The van der Waals surface area contributed by atoms with E-state index in [0.29, 0.717) is 25.2 Å². The molecule has 0 heterocycles. The molecule has 0 aromatic heterocycles. The van der Waals surface area contributed by atoms with E-state index >= 15 is 0 Å². The molecule has 1 aromatic carbocycles. The minimum atomic E-state index is -4.67. The van der Waals surface area contributed by atoms with Gasteiger partial charge in [0.2, 0.25) is 0 Å². The summed E-state index contributed by atoms with van der Waals surface area (Å²) in [6.07, 6.45) is 2.82. The zero-order valence-corrected chi connectivity index (χ0v) is 22.6. The van der Waals surface area contributed by atoms with Crippen molar-refractivity contribution in [2.24, 2.45) is 11.3 Å². The van der Waals surface area contributed by atoms with Gasteiger partial charge in [0.15, 0.2) is 0 Å². The molecule has 0 bridgehead atoms. The van der Waals surface area contributed by atoms with E-state index in [1.165, 1.54) is 11.1 Å². The molecule has 0 amide bonds. The van der Waals surface area contributed by atoms with Crippen LogP contribution in [0.5, 0.6) is 0 Å². The van der Waals surface area contributed by atoms with Crippen molar-refractivity contribution >= 4 is 50.8 Å². The first-order chi connectivity index (χ1) is 12.0. The van der Waals surface area contributed by atoms with E-state index in [4.69, 9.17) is 0 Å². The molecule has 34 heavy (non-hydrogen) atoms. The number of carbonyl (C=O) groups excluding carboxylic acids is 1. The van der Waals surface area contributed by atoms with Crippen molar-refractivity contribution in [3.63, 3.8) is 0 Å². The zero-order valence-electron chi connectivity index (χ0n) is 19.5. The summed E-state index contributed by atoms with van der Waals surface area (Å²) >= 11 is 0. The predicted octanol–water partition coefficient (Wildman–Crippen LogP) is -1.02. The Balaban J connectivity index is -0.000000245. The number of aliphatic carboxylic acids is 1. The predicted molar refractivity (Wildman–Crippen MR) is 122 cm³/mol. The average molecular weight is 537 g/mol. The third-order valence-corrected chi connectivity index (χ3v) is 7.58.